The van der Waals surface area contributed by atoms with E-state index in [1.54, 1.807) is 0 Å². The molecule has 0 heterocycles. The summed E-state index contributed by atoms with van der Waals surface area (Å²) < 4.78 is 146. The number of rotatable bonds is 4. The van der Waals surface area contributed by atoms with Crippen LogP contribution in [0.2, 0.25) is 0 Å². The maximum absolute atomic E-state index is 12.2. The highest BCUT2D eigenvalue weighted by atomic mass is 19.4. The van der Waals surface area contributed by atoms with E-state index in [1.807, 2.05) is 0 Å². The molecule has 0 radical (unpaired) electrons. The first-order valence-corrected chi connectivity index (χ1v) is 6.58. The minimum atomic E-state index is -6.53. The Morgan fingerprint density at radius 1 is 0.633 bits per heavy atom. The molecule has 0 fully saturated rings. The summed E-state index contributed by atoms with van der Waals surface area (Å²) in [6, 6.07) is 0.791. The van der Waals surface area contributed by atoms with Gasteiger partial charge in [-0.05, 0) is 18.2 Å². The molecule has 30 heavy (non-hydrogen) atoms. The van der Waals surface area contributed by atoms with E-state index < -0.39 is 58.9 Å². The number of phenols is 1. The zero-order chi connectivity index (χ0) is 24.5. The van der Waals surface area contributed by atoms with Gasteiger partial charge < -0.3 is 15.3 Å². The van der Waals surface area contributed by atoms with Crippen LogP contribution in [-0.4, -0.2) is 45.0 Å². The van der Waals surface area contributed by atoms with Crippen LogP contribution in [0.3, 0.4) is 0 Å². The highest BCUT2D eigenvalue weighted by molar-refractivity contribution is 5.82. The average Bonchev–Trinajstić information content (AvgIpc) is 2.52. The zero-order valence-corrected chi connectivity index (χ0v) is 13.4. The van der Waals surface area contributed by atoms with Gasteiger partial charge in [0, 0.05) is 0 Å². The first-order chi connectivity index (χ1) is 13.0. The van der Waals surface area contributed by atoms with Crippen LogP contribution >= 0.6 is 0 Å². The molecule has 0 unspecified atom stereocenters. The molecule has 0 saturated carbocycles. The monoisotopic (exact) mass is 470 g/mol. The second kappa shape index (κ2) is 8.10. The molecule has 3 N–H and O–H groups in total. The van der Waals surface area contributed by atoms with E-state index in [0.717, 1.165) is 0 Å². The van der Waals surface area contributed by atoms with Gasteiger partial charge in [0.15, 0.2) is 0 Å². The van der Waals surface area contributed by atoms with Crippen LogP contribution in [-0.2, 0) is 21.9 Å². The van der Waals surface area contributed by atoms with Gasteiger partial charge in [-0.2, -0.15) is 52.7 Å². The number of hydrogen-bond acceptors (Lipinski definition) is 3. The van der Waals surface area contributed by atoms with Gasteiger partial charge in [0.25, 0.3) is 0 Å². The maximum atomic E-state index is 12.2. The molecule has 0 amide bonds. The molecular formula is C13H6F12O5. The number of halogens is 12. The molecule has 0 spiro atoms. The van der Waals surface area contributed by atoms with E-state index in [4.69, 9.17) is 15.3 Å². The fourth-order valence-electron chi connectivity index (χ4n) is 1.48. The van der Waals surface area contributed by atoms with Gasteiger partial charge in [0.2, 0.25) is 0 Å². The third-order valence-corrected chi connectivity index (χ3v) is 2.94. The second-order valence-electron chi connectivity index (χ2n) is 5.06. The lowest BCUT2D eigenvalue weighted by molar-refractivity contribution is -0.298. The molecule has 172 valence electrons. The molecule has 0 atom stereocenters. The number of aromatic hydroxyl groups is 1. The van der Waals surface area contributed by atoms with Crippen LogP contribution in [0, 0.1) is 0 Å². The summed E-state index contributed by atoms with van der Waals surface area (Å²) in [7, 11) is 0. The predicted molar refractivity (Wildman–Crippen MR) is 68.2 cm³/mol. The van der Waals surface area contributed by atoms with Crippen LogP contribution in [0.1, 0.15) is 11.1 Å². The van der Waals surface area contributed by atoms with Gasteiger partial charge in [-0.3, -0.25) is 0 Å². The van der Waals surface area contributed by atoms with E-state index in [0.29, 0.717) is 6.07 Å². The standard InChI is InChI=1S/C8H4F6O.C5H2F6O4/c9-7(10,11)5-2-1-4(15)3-6(5)8(12,13)14;6-3(7,1(12)13)5(10,11)4(8,9)2(14)15/h1-3,15H;(H,12,13)(H,14,15). The van der Waals surface area contributed by atoms with Crippen molar-refractivity contribution in [3.8, 4) is 5.75 Å². The Bertz CT molecular complexity index is 769. The fraction of sp³-hybridized carbons (Fsp3) is 0.385. The van der Waals surface area contributed by atoms with Crippen molar-refractivity contribution in [2.45, 2.75) is 30.1 Å². The van der Waals surface area contributed by atoms with Gasteiger partial charge >= 0.3 is 42.1 Å². The molecule has 0 bridgehead atoms. The minimum Gasteiger partial charge on any atom is -0.508 e. The fourth-order valence-corrected chi connectivity index (χ4v) is 1.48. The Morgan fingerprint density at radius 2 is 0.967 bits per heavy atom. The van der Waals surface area contributed by atoms with Crippen LogP contribution in [0.15, 0.2) is 18.2 Å². The average molecular weight is 470 g/mol. The molecule has 0 aliphatic rings. The lowest BCUT2D eigenvalue weighted by Gasteiger charge is -2.27. The molecule has 1 aromatic rings. The molecule has 5 nitrogen and oxygen atoms in total. The van der Waals surface area contributed by atoms with Gasteiger partial charge in [0.05, 0.1) is 11.1 Å². The summed E-state index contributed by atoms with van der Waals surface area (Å²) in [6.45, 7) is 0. The number of benzene rings is 1. The lowest BCUT2D eigenvalue weighted by Crippen LogP contribution is -2.60. The molecule has 0 aliphatic carbocycles. The van der Waals surface area contributed by atoms with Gasteiger partial charge in [-0.15, -0.1) is 0 Å². The van der Waals surface area contributed by atoms with Crippen molar-refractivity contribution in [3.05, 3.63) is 29.3 Å². The van der Waals surface area contributed by atoms with Crippen molar-refractivity contribution >= 4 is 11.9 Å². The van der Waals surface area contributed by atoms with Gasteiger partial charge in [-0.1, -0.05) is 0 Å². The van der Waals surface area contributed by atoms with Crippen LogP contribution in [0.25, 0.3) is 0 Å². The summed E-state index contributed by atoms with van der Waals surface area (Å²) in [4.78, 5) is 19.2. The number of carboxylic acids is 2. The third-order valence-electron chi connectivity index (χ3n) is 2.94. The quantitative estimate of drug-likeness (QED) is 0.564. The highest BCUT2D eigenvalue weighted by Crippen LogP contribution is 2.46. The molecule has 0 saturated heterocycles. The topological polar surface area (TPSA) is 94.8 Å². The zero-order valence-electron chi connectivity index (χ0n) is 13.4. The molecule has 0 aliphatic heterocycles. The summed E-state index contributed by atoms with van der Waals surface area (Å²) in [5.41, 5.74) is -3.71. The van der Waals surface area contributed by atoms with Crippen molar-refractivity contribution < 1.29 is 77.6 Å². The van der Waals surface area contributed by atoms with E-state index in [9.17, 15) is 62.3 Å². The summed E-state index contributed by atoms with van der Waals surface area (Å²) in [6.07, 6.45) is -10.2. The number of alkyl halides is 12. The number of carbonyl (C=O) groups is 2. The number of hydrogen-bond donors (Lipinski definition) is 3. The van der Waals surface area contributed by atoms with Crippen molar-refractivity contribution in [3.63, 3.8) is 0 Å². The summed E-state index contributed by atoms with van der Waals surface area (Å²) >= 11 is 0. The molecule has 17 heteroatoms. The predicted octanol–water partition coefficient (Wildman–Crippen LogP) is 4.49. The Morgan fingerprint density at radius 3 is 1.23 bits per heavy atom. The SMILES string of the molecule is O=C(O)C(F)(F)C(F)(F)C(F)(F)C(=O)O.Oc1ccc(C(F)(F)F)c(C(F)(F)F)c1. The smallest absolute Gasteiger partial charge is 0.417 e. The summed E-state index contributed by atoms with van der Waals surface area (Å²) in [5, 5.41) is 23.8. The van der Waals surface area contributed by atoms with Crippen molar-refractivity contribution in [1.29, 1.82) is 0 Å². The lowest BCUT2D eigenvalue weighted by atomic mass is 10.1. The highest BCUT2D eigenvalue weighted by Gasteiger charge is 2.78. The molecule has 0 aromatic heterocycles. The summed E-state index contributed by atoms with van der Waals surface area (Å²) in [5.74, 6) is -26.9. The minimum absolute atomic E-state index is 0.0445. The largest absolute Gasteiger partial charge is 0.508 e. The third kappa shape index (κ3) is 5.38. The van der Waals surface area contributed by atoms with E-state index >= 15 is 0 Å². The number of phenolic OH excluding ortho intramolecular Hbond substituents is 1. The molecular weight excluding hydrogens is 464 g/mol. The van der Waals surface area contributed by atoms with E-state index in [2.05, 4.69) is 0 Å². The maximum Gasteiger partial charge on any atom is 0.417 e. The number of aliphatic carboxylic acids is 2. The Hall–Kier alpha value is -2.88. The Labute approximate surface area is 156 Å². The van der Waals surface area contributed by atoms with Crippen molar-refractivity contribution in [2.24, 2.45) is 0 Å². The molecule has 1 aromatic carbocycles. The van der Waals surface area contributed by atoms with Crippen molar-refractivity contribution in [1.82, 2.24) is 0 Å². The van der Waals surface area contributed by atoms with Crippen LogP contribution in [0.4, 0.5) is 52.7 Å². The Kier molecular flexibility index (Phi) is 7.32. The second-order valence-corrected chi connectivity index (χ2v) is 5.06. The molecule has 1 rings (SSSR count). The van der Waals surface area contributed by atoms with E-state index in [1.165, 1.54) is 0 Å². The van der Waals surface area contributed by atoms with Crippen LogP contribution in [0.5, 0.6) is 5.75 Å². The van der Waals surface area contributed by atoms with Crippen LogP contribution < -0.4 is 0 Å². The first-order valence-electron chi connectivity index (χ1n) is 6.58. The van der Waals surface area contributed by atoms with Crippen molar-refractivity contribution in [2.75, 3.05) is 0 Å². The first kappa shape index (κ1) is 27.1. The normalized spacial score (nSPS) is 13.3. The van der Waals surface area contributed by atoms with Gasteiger partial charge in [0.1, 0.15) is 5.75 Å². The van der Waals surface area contributed by atoms with E-state index in [-0.39, 0.29) is 12.1 Å². The number of carboxylic acid groups (broad SMARTS) is 2. The Balaban J connectivity index is 0.000000561. The van der Waals surface area contributed by atoms with Gasteiger partial charge in [-0.25, -0.2) is 9.59 Å².